The molecule has 1 saturated carbocycles. The molecule has 1 rings (SSSR count). The zero-order chi connectivity index (χ0) is 15.3. The zero-order valence-corrected chi connectivity index (χ0v) is 13.4. The van der Waals surface area contributed by atoms with Gasteiger partial charge in [0.1, 0.15) is 0 Å². The lowest BCUT2D eigenvalue weighted by molar-refractivity contribution is -0.137. The summed E-state index contributed by atoms with van der Waals surface area (Å²) in [4.78, 5) is 10.4. The van der Waals surface area contributed by atoms with Gasteiger partial charge in [-0.1, -0.05) is 27.2 Å². The predicted molar refractivity (Wildman–Crippen MR) is 78.9 cm³/mol. The van der Waals surface area contributed by atoms with Crippen molar-refractivity contribution >= 4 is 16.0 Å². The zero-order valence-electron chi connectivity index (χ0n) is 12.6. The number of aliphatic carboxylic acids is 1. The fourth-order valence-electron chi connectivity index (χ4n) is 3.04. The highest BCUT2D eigenvalue weighted by atomic mass is 32.2. The van der Waals surface area contributed by atoms with Crippen LogP contribution in [-0.4, -0.2) is 31.3 Å². The van der Waals surface area contributed by atoms with E-state index in [0.717, 1.165) is 19.3 Å². The topological polar surface area (TPSA) is 83.5 Å². The molecular weight excluding hydrogens is 278 g/mol. The fraction of sp³-hybridized carbons (Fsp3) is 0.929. The largest absolute Gasteiger partial charge is 0.481 e. The number of nitrogens with one attached hydrogen (secondary N) is 1. The van der Waals surface area contributed by atoms with Gasteiger partial charge in [0, 0.05) is 12.5 Å². The molecular formula is C14H27NO4S. The maximum Gasteiger partial charge on any atom is 0.303 e. The monoisotopic (exact) mass is 305 g/mol. The van der Waals surface area contributed by atoms with Gasteiger partial charge in [-0.3, -0.25) is 4.79 Å². The normalized spacial score (nSPS) is 27.7. The van der Waals surface area contributed by atoms with Crippen LogP contribution in [0.15, 0.2) is 0 Å². The van der Waals surface area contributed by atoms with Crippen molar-refractivity contribution in [2.24, 2.45) is 17.8 Å². The minimum absolute atomic E-state index is 0.00595. The third-order valence-corrected chi connectivity index (χ3v) is 5.64. The van der Waals surface area contributed by atoms with E-state index in [2.05, 4.69) is 25.5 Å². The second kappa shape index (κ2) is 7.41. The number of carbonyl (C=O) groups is 1. The van der Waals surface area contributed by atoms with E-state index in [1.165, 1.54) is 0 Å². The Labute approximate surface area is 122 Å². The smallest absolute Gasteiger partial charge is 0.303 e. The van der Waals surface area contributed by atoms with Crippen molar-refractivity contribution in [3.63, 3.8) is 0 Å². The number of rotatable bonds is 7. The van der Waals surface area contributed by atoms with Gasteiger partial charge in [-0.25, -0.2) is 13.1 Å². The number of carboxylic acids is 1. The first-order valence-electron chi connectivity index (χ1n) is 7.43. The van der Waals surface area contributed by atoms with Crippen molar-refractivity contribution < 1.29 is 18.3 Å². The predicted octanol–water partition coefficient (Wildman–Crippen LogP) is 2.23. The first-order chi connectivity index (χ1) is 9.21. The number of hydrogen-bond donors (Lipinski definition) is 2. The second-order valence-corrected chi connectivity index (χ2v) is 8.24. The Balaban J connectivity index is 2.60. The molecule has 5 nitrogen and oxygen atoms in total. The van der Waals surface area contributed by atoms with Crippen LogP contribution in [0.2, 0.25) is 0 Å². The lowest BCUT2D eigenvalue weighted by Gasteiger charge is -2.37. The molecule has 1 aliphatic rings. The van der Waals surface area contributed by atoms with E-state index < -0.39 is 16.0 Å². The Bertz CT molecular complexity index is 419. The summed E-state index contributed by atoms with van der Waals surface area (Å²) in [6.07, 6.45) is 3.15. The molecule has 0 aromatic carbocycles. The summed E-state index contributed by atoms with van der Waals surface area (Å²) in [6, 6.07) is -0.00595. The molecule has 0 heterocycles. The molecule has 3 atom stereocenters. The van der Waals surface area contributed by atoms with Crippen molar-refractivity contribution in [3.8, 4) is 0 Å². The summed E-state index contributed by atoms with van der Waals surface area (Å²) < 4.78 is 26.9. The molecule has 0 aromatic heterocycles. The summed E-state index contributed by atoms with van der Waals surface area (Å²) in [5.74, 6) is 0.313. The average molecular weight is 305 g/mol. The molecule has 6 heteroatoms. The van der Waals surface area contributed by atoms with Crippen LogP contribution in [0.4, 0.5) is 0 Å². The summed E-state index contributed by atoms with van der Waals surface area (Å²) in [7, 11) is -3.38. The third kappa shape index (κ3) is 5.79. The standard InChI is InChI=1S/C14H27NO4S/c1-10(2)12-7-6-11(3)9-13(12)15-20(18,19)8-4-5-14(16)17/h10-13,15H,4-9H2,1-3H3,(H,16,17). The lowest BCUT2D eigenvalue weighted by Crippen LogP contribution is -2.46. The van der Waals surface area contributed by atoms with E-state index in [1.54, 1.807) is 0 Å². The number of hydrogen-bond acceptors (Lipinski definition) is 3. The summed E-state index contributed by atoms with van der Waals surface area (Å²) in [6.45, 7) is 6.42. The van der Waals surface area contributed by atoms with Crippen molar-refractivity contribution in [2.45, 2.75) is 58.9 Å². The summed E-state index contributed by atoms with van der Waals surface area (Å²) in [5, 5.41) is 8.57. The average Bonchev–Trinajstić information content (AvgIpc) is 2.26. The summed E-state index contributed by atoms with van der Waals surface area (Å²) in [5.41, 5.74) is 0. The van der Waals surface area contributed by atoms with Gasteiger partial charge < -0.3 is 5.11 Å². The molecule has 0 saturated heterocycles. The van der Waals surface area contributed by atoms with Crippen molar-refractivity contribution in [1.29, 1.82) is 0 Å². The van der Waals surface area contributed by atoms with E-state index in [4.69, 9.17) is 5.11 Å². The lowest BCUT2D eigenvalue weighted by atomic mass is 9.74. The molecule has 0 aliphatic heterocycles. The molecule has 2 N–H and O–H groups in total. The van der Waals surface area contributed by atoms with Crippen LogP contribution in [0.1, 0.15) is 52.9 Å². The molecule has 0 aromatic rings. The van der Waals surface area contributed by atoms with Crippen molar-refractivity contribution in [3.05, 3.63) is 0 Å². The quantitative estimate of drug-likeness (QED) is 0.755. The van der Waals surface area contributed by atoms with Crippen LogP contribution >= 0.6 is 0 Å². The minimum Gasteiger partial charge on any atom is -0.481 e. The molecule has 118 valence electrons. The molecule has 0 spiro atoms. The SMILES string of the molecule is CC1CCC(C(C)C)C(NS(=O)(=O)CCCC(=O)O)C1. The van der Waals surface area contributed by atoms with Gasteiger partial charge >= 0.3 is 5.97 Å². The van der Waals surface area contributed by atoms with Crippen LogP contribution in [0, 0.1) is 17.8 Å². The van der Waals surface area contributed by atoms with E-state index in [1.807, 2.05) is 0 Å². The third-order valence-electron chi connectivity index (χ3n) is 4.16. The Morgan fingerprint density at radius 1 is 1.35 bits per heavy atom. The highest BCUT2D eigenvalue weighted by Crippen LogP contribution is 2.33. The molecule has 1 fully saturated rings. The van der Waals surface area contributed by atoms with Gasteiger partial charge in [-0.15, -0.1) is 0 Å². The molecule has 0 radical (unpaired) electrons. The second-order valence-electron chi connectivity index (χ2n) is 6.37. The Hall–Kier alpha value is -0.620. The molecule has 20 heavy (non-hydrogen) atoms. The Morgan fingerprint density at radius 3 is 2.55 bits per heavy atom. The number of carboxylic acid groups (broad SMARTS) is 1. The maximum absolute atomic E-state index is 12.1. The Kier molecular flexibility index (Phi) is 6.45. The van der Waals surface area contributed by atoms with E-state index in [0.29, 0.717) is 17.8 Å². The Morgan fingerprint density at radius 2 is 2.00 bits per heavy atom. The van der Waals surface area contributed by atoms with Gasteiger partial charge in [0.2, 0.25) is 10.0 Å². The molecule has 3 unspecified atom stereocenters. The number of sulfonamides is 1. The first-order valence-corrected chi connectivity index (χ1v) is 9.08. The highest BCUT2D eigenvalue weighted by molar-refractivity contribution is 7.89. The van der Waals surface area contributed by atoms with Crippen LogP contribution in [0.5, 0.6) is 0 Å². The van der Waals surface area contributed by atoms with E-state index >= 15 is 0 Å². The first kappa shape index (κ1) is 17.4. The molecule has 0 bridgehead atoms. The van der Waals surface area contributed by atoms with E-state index in [9.17, 15) is 13.2 Å². The van der Waals surface area contributed by atoms with Gasteiger partial charge in [0.05, 0.1) is 5.75 Å². The van der Waals surface area contributed by atoms with E-state index in [-0.39, 0.29) is 24.6 Å². The highest BCUT2D eigenvalue weighted by Gasteiger charge is 2.33. The fourth-order valence-corrected chi connectivity index (χ4v) is 4.42. The summed E-state index contributed by atoms with van der Waals surface area (Å²) >= 11 is 0. The van der Waals surface area contributed by atoms with Crippen LogP contribution in [-0.2, 0) is 14.8 Å². The minimum atomic E-state index is -3.38. The molecule has 0 amide bonds. The van der Waals surface area contributed by atoms with Crippen molar-refractivity contribution in [1.82, 2.24) is 4.72 Å². The van der Waals surface area contributed by atoms with Gasteiger partial charge in [-0.05, 0) is 37.0 Å². The van der Waals surface area contributed by atoms with Gasteiger partial charge in [0.15, 0.2) is 0 Å². The molecule has 1 aliphatic carbocycles. The van der Waals surface area contributed by atoms with Crippen LogP contribution in [0.25, 0.3) is 0 Å². The van der Waals surface area contributed by atoms with Gasteiger partial charge in [-0.2, -0.15) is 0 Å². The van der Waals surface area contributed by atoms with Crippen molar-refractivity contribution in [2.75, 3.05) is 5.75 Å². The maximum atomic E-state index is 12.1. The van der Waals surface area contributed by atoms with Crippen LogP contribution < -0.4 is 4.72 Å². The van der Waals surface area contributed by atoms with Crippen LogP contribution in [0.3, 0.4) is 0 Å². The van der Waals surface area contributed by atoms with Gasteiger partial charge in [0.25, 0.3) is 0 Å².